The fourth-order valence-corrected chi connectivity index (χ4v) is 6.17. The lowest BCUT2D eigenvalue weighted by atomic mass is 9.44. The molecule has 4 aliphatic rings. The van der Waals surface area contributed by atoms with Crippen LogP contribution in [0.15, 0.2) is 9.00 Å². The fourth-order valence-electron chi connectivity index (χ4n) is 5.61. The minimum atomic E-state index is 0.211. The second-order valence-corrected chi connectivity index (χ2v) is 8.06. The topological polar surface area (TPSA) is 52.0 Å². The number of aromatic nitrogens is 1. The Bertz CT molecular complexity index is 496. The molecule has 0 aromatic carbocycles. The van der Waals surface area contributed by atoms with Gasteiger partial charge in [-0.3, -0.25) is 0 Å². The second kappa shape index (κ2) is 3.33. The van der Waals surface area contributed by atoms with Crippen LogP contribution in [0, 0.1) is 17.3 Å². The SMILES string of the molecule is CC12CC3CC(C1)CC(c1onc(N)c1Br)(C3)C2. The second-order valence-electron chi connectivity index (χ2n) is 7.26. The maximum atomic E-state index is 5.84. The third-order valence-corrected chi connectivity index (χ3v) is 6.26. The van der Waals surface area contributed by atoms with Crippen molar-refractivity contribution in [2.45, 2.75) is 50.9 Å². The molecule has 4 aliphatic carbocycles. The van der Waals surface area contributed by atoms with E-state index >= 15 is 0 Å². The van der Waals surface area contributed by atoms with E-state index in [1.807, 2.05) is 0 Å². The Morgan fingerprint density at radius 2 is 1.94 bits per heavy atom. The number of halogens is 1. The van der Waals surface area contributed by atoms with Crippen molar-refractivity contribution in [3.8, 4) is 0 Å². The summed E-state index contributed by atoms with van der Waals surface area (Å²) in [5, 5.41) is 3.95. The van der Waals surface area contributed by atoms with Crippen LogP contribution in [0.1, 0.15) is 51.2 Å². The van der Waals surface area contributed by atoms with Crippen LogP contribution in [0.5, 0.6) is 0 Å². The average Bonchev–Trinajstić information content (AvgIpc) is 2.56. The number of hydrogen-bond acceptors (Lipinski definition) is 3. The molecule has 3 nitrogen and oxygen atoms in total. The molecular weight excluding hydrogens is 292 g/mol. The average molecular weight is 311 g/mol. The van der Waals surface area contributed by atoms with E-state index in [9.17, 15) is 0 Å². The predicted octanol–water partition coefficient (Wildman–Crippen LogP) is 3.88. The molecule has 1 aromatic heterocycles. The van der Waals surface area contributed by atoms with Crippen molar-refractivity contribution in [2.75, 3.05) is 5.73 Å². The van der Waals surface area contributed by atoms with Crippen LogP contribution in [-0.2, 0) is 5.41 Å². The highest BCUT2D eigenvalue weighted by Crippen LogP contribution is 2.66. The lowest BCUT2D eigenvalue weighted by Gasteiger charge is -2.60. The molecule has 0 spiro atoms. The lowest BCUT2D eigenvalue weighted by molar-refractivity contribution is -0.0708. The van der Waals surface area contributed by atoms with Crippen LogP contribution in [0.2, 0.25) is 0 Å². The van der Waals surface area contributed by atoms with Gasteiger partial charge in [0.25, 0.3) is 0 Å². The van der Waals surface area contributed by atoms with Gasteiger partial charge in [0.2, 0.25) is 0 Å². The first-order valence-electron chi connectivity index (χ1n) is 6.91. The van der Waals surface area contributed by atoms with Crippen molar-refractivity contribution < 1.29 is 4.52 Å². The summed E-state index contributed by atoms with van der Waals surface area (Å²) >= 11 is 3.58. The first-order valence-corrected chi connectivity index (χ1v) is 7.70. The molecule has 5 rings (SSSR count). The van der Waals surface area contributed by atoms with E-state index in [-0.39, 0.29) is 5.41 Å². The molecule has 2 atom stereocenters. The molecule has 2 N–H and O–H groups in total. The van der Waals surface area contributed by atoms with E-state index < -0.39 is 0 Å². The highest BCUT2D eigenvalue weighted by Gasteiger charge is 2.58. The summed E-state index contributed by atoms with van der Waals surface area (Å²) in [6.45, 7) is 2.47. The highest BCUT2D eigenvalue weighted by molar-refractivity contribution is 9.10. The summed E-state index contributed by atoms with van der Waals surface area (Å²) in [5.41, 5.74) is 6.57. The normalized spacial score (nSPS) is 45.7. The molecule has 4 heteroatoms. The van der Waals surface area contributed by atoms with Gasteiger partial charge in [0.05, 0.1) is 0 Å². The van der Waals surface area contributed by atoms with Crippen LogP contribution in [0.25, 0.3) is 0 Å². The maximum Gasteiger partial charge on any atom is 0.181 e. The van der Waals surface area contributed by atoms with E-state index in [1.165, 1.54) is 38.5 Å². The minimum absolute atomic E-state index is 0.211. The van der Waals surface area contributed by atoms with E-state index in [0.29, 0.717) is 11.2 Å². The molecule has 1 heterocycles. The molecule has 0 amide bonds. The van der Waals surface area contributed by atoms with Crippen LogP contribution < -0.4 is 5.73 Å². The number of nitrogen functional groups attached to an aromatic ring is 1. The summed E-state index contributed by atoms with van der Waals surface area (Å²) in [5.74, 6) is 3.30. The summed E-state index contributed by atoms with van der Waals surface area (Å²) in [4.78, 5) is 0. The van der Waals surface area contributed by atoms with E-state index in [1.54, 1.807) is 0 Å². The van der Waals surface area contributed by atoms with Crippen LogP contribution >= 0.6 is 15.9 Å². The number of rotatable bonds is 1. The van der Waals surface area contributed by atoms with E-state index in [0.717, 1.165) is 22.1 Å². The first-order chi connectivity index (χ1) is 8.50. The molecule has 1 aromatic rings. The van der Waals surface area contributed by atoms with Crippen molar-refractivity contribution in [2.24, 2.45) is 17.3 Å². The molecule has 0 aliphatic heterocycles. The zero-order chi connectivity index (χ0) is 12.5. The smallest absolute Gasteiger partial charge is 0.181 e. The molecule has 0 radical (unpaired) electrons. The van der Waals surface area contributed by atoms with Crippen LogP contribution in [0.3, 0.4) is 0 Å². The highest BCUT2D eigenvalue weighted by atomic mass is 79.9. The van der Waals surface area contributed by atoms with Crippen molar-refractivity contribution in [3.63, 3.8) is 0 Å². The number of anilines is 1. The summed E-state index contributed by atoms with van der Waals surface area (Å²) in [6, 6.07) is 0. The van der Waals surface area contributed by atoms with Crippen molar-refractivity contribution in [1.29, 1.82) is 0 Å². The Morgan fingerprint density at radius 3 is 2.44 bits per heavy atom. The molecule has 4 bridgehead atoms. The van der Waals surface area contributed by atoms with Gasteiger partial charge in [-0.15, -0.1) is 0 Å². The number of nitrogens with two attached hydrogens (primary N) is 1. The van der Waals surface area contributed by atoms with Gasteiger partial charge in [0.1, 0.15) is 4.47 Å². The monoisotopic (exact) mass is 310 g/mol. The molecule has 4 saturated carbocycles. The quantitative estimate of drug-likeness (QED) is 0.856. The largest absolute Gasteiger partial charge is 0.380 e. The fraction of sp³-hybridized carbons (Fsp3) is 0.786. The Labute approximate surface area is 116 Å². The summed E-state index contributed by atoms with van der Waals surface area (Å²) in [6.07, 6.45) is 8.04. The van der Waals surface area contributed by atoms with Gasteiger partial charge in [-0.05, 0) is 71.7 Å². The van der Waals surface area contributed by atoms with Crippen LogP contribution in [0.4, 0.5) is 5.82 Å². The number of nitrogens with zero attached hydrogens (tertiary/aromatic N) is 1. The van der Waals surface area contributed by atoms with Crippen LogP contribution in [-0.4, -0.2) is 5.16 Å². The standard InChI is InChI=1S/C14H19BrN2O/c1-13-3-8-2-9(4-13)6-14(5-8,7-13)11-10(15)12(16)17-18-11/h8-9H,2-7H2,1H3,(H2,16,17). The van der Waals surface area contributed by atoms with E-state index in [4.69, 9.17) is 10.3 Å². The van der Waals surface area contributed by atoms with Gasteiger partial charge in [0.15, 0.2) is 11.6 Å². The van der Waals surface area contributed by atoms with Crippen molar-refractivity contribution in [1.82, 2.24) is 5.16 Å². The zero-order valence-electron chi connectivity index (χ0n) is 10.7. The molecule has 4 fully saturated rings. The van der Waals surface area contributed by atoms with Gasteiger partial charge in [-0.25, -0.2) is 0 Å². The molecule has 18 heavy (non-hydrogen) atoms. The molecule has 98 valence electrons. The van der Waals surface area contributed by atoms with Gasteiger partial charge in [-0.1, -0.05) is 12.1 Å². The third-order valence-electron chi connectivity index (χ3n) is 5.49. The lowest BCUT2D eigenvalue weighted by Crippen LogP contribution is -2.52. The van der Waals surface area contributed by atoms with E-state index in [2.05, 4.69) is 28.0 Å². The molecule has 2 unspecified atom stereocenters. The van der Waals surface area contributed by atoms with Gasteiger partial charge in [-0.2, -0.15) is 0 Å². The third kappa shape index (κ3) is 1.38. The van der Waals surface area contributed by atoms with Crippen molar-refractivity contribution in [3.05, 3.63) is 10.2 Å². The summed E-state index contributed by atoms with van der Waals surface area (Å²) in [7, 11) is 0. The van der Waals surface area contributed by atoms with Gasteiger partial charge in [0, 0.05) is 5.41 Å². The Morgan fingerprint density at radius 1 is 1.28 bits per heavy atom. The first kappa shape index (κ1) is 11.3. The maximum absolute atomic E-state index is 5.84. The molecular formula is C14H19BrN2O. The number of hydrogen-bond donors (Lipinski definition) is 1. The Kier molecular flexibility index (Phi) is 2.09. The predicted molar refractivity (Wildman–Crippen MR) is 73.1 cm³/mol. The zero-order valence-corrected chi connectivity index (χ0v) is 12.3. The summed E-state index contributed by atoms with van der Waals surface area (Å²) < 4.78 is 6.51. The van der Waals surface area contributed by atoms with Gasteiger partial charge < -0.3 is 10.3 Å². The Balaban J connectivity index is 1.82. The Hall–Kier alpha value is -0.510. The molecule has 0 saturated heterocycles. The van der Waals surface area contributed by atoms with Gasteiger partial charge >= 0.3 is 0 Å². The van der Waals surface area contributed by atoms with Crippen molar-refractivity contribution >= 4 is 21.7 Å². The minimum Gasteiger partial charge on any atom is -0.380 e.